The summed E-state index contributed by atoms with van der Waals surface area (Å²) in [4.78, 5) is 2.18. The summed E-state index contributed by atoms with van der Waals surface area (Å²) in [6.45, 7) is 4.39. The SMILES string of the molecule is Cl.FC(F)(F)c1nnc2n1CCN(CC1CCCNC1)C2. The van der Waals surface area contributed by atoms with Gasteiger partial charge in [-0.05, 0) is 31.8 Å². The molecule has 0 amide bonds. The summed E-state index contributed by atoms with van der Waals surface area (Å²) in [5.74, 6) is 0.138. The van der Waals surface area contributed by atoms with Gasteiger partial charge in [-0.25, -0.2) is 0 Å². The number of nitrogens with one attached hydrogen (secondary N) is 1. The van der Waals surface area contributed by atoms with E-state index in [0.29, 0.717) is 31.4 Å². The van der Waals surface area contributed by atoms with Gasteiger partial charge in [0.25, 0.3) is 0 Å². The van der Waals surface area contributed by atoms with Gasteiger partial charge >= 0.3 is 6.18 Å². The largest absolute Gasteiger partial charge is 0.451 e. The van der Waals surface area contributed by atoms with Crippen LogP contribution in [0.1, 0.15) is 24.5 Å². The summed E-state index contributed by atoms with van der Waals surface area (Å²) in [5, 5.41) is 10.4. The van der Waals surface area contributed by atoms with E-state index in [9.17, 15) is 13.2 Å². The maximum Gasteiger partial charge on any atom is 0.451 e. The summed E-state index contributed by atoms with van der Waals surface area (Å²) in [7, 11) is 0. The quantitative estimate of drug-likeness (QED) is 0.896. The average molecular weight is 326 g/mol. The number of alkyl halides is 3. The first-order chi connectivity index (χ1) is 9.54. The average Bonchev–Trinajstić information content (AvgIpc) is 2.83. The first-order valence-corrected chi connectivity index (χ1v) is 6.96. The zero-order valence-corrected chi connectivity index (χ0v) is 12.4. The van der Waals surface area contributed by atoms with Gasteiger partial charge in [0.05, 0.1) is 6.54 Å². The molecule has 1 fully saturated rings. The highest BCUT2D eigenvalue weighted by Gasteiger charge is 2.39. The van der Waals surface area contributed by atoms with Crippen LogP contribution < -0.4 is 5.32 Å². The van der Waals surface area contributed by atoms with Crippen molar-refractivity contribution in [2.24, 2.45) is 5.92 Å². The highest BCUT2D eigenvalue weighted by atomic mass is 35.5. The van der Waals surface area contributed by atoms with E-state index in [2.05, 4.69) is 20.4 Å². The third-order valence-corrected chi connectivity index (χ3v) is 4.00. The summed E-state index contributed by atoms with van der Waals surface area (Å²) < 4.78 is 39.4. The molecule has 0 saturated carbocycles. The fraction of sp³-hybridized carbons (Fsp3) is 0.833. The summed E-state index contributed by atoms with van der Waals surface area (Å²) >= 11 is 0. The van der Waals surface area contributed by atoms with Crippen molar-refractivity contribution in [1.29, 1.82) is 0 Å². The Morgan fingerprint density at radius 1 is 1.24 bits per heavy atom. The van der Waals surface area contributed by atoms with Gasteiger partial charge in [0, 0.05) is 19.6 Å². The van der Waals surface area contributed by atoms with Crippen LogP contribution in [0.15, 0.2) is 0 Å². The normalized spacial score (nSPS) is 23.5. The number of aromatic nitrogens is 3. The van der Waals surface area contributed by atoms with Gasteiger partial charge < -0.3 is 9.88 Å². The van der Waals surface area contributed by atoms with E-state index in [1.54, 1.807) is 0 Å². The van der Waals surface area contributed by atoms with E-state index in [1.807, 2.05) is 0 Å². The van der Waals surface area contributed by atoms with Gasteiger partial charge in [-0.2, -0.15) is 13.2 Å². The van der Waals surface area contributed by atoms with E-state index < -0.39 is 12.0 Å². The minimum atomic E-state index is -4.42. The maximum atomic E-state index is 12.7. The minimum Gasteiger partial charge on any atom is -0.316 e. The Morgan fingerprint density at radius 3 is 2.71 bits per heavy atom. The van der Waals surface area contributed by atoms with Gasteiger partial charge in [0.15, 0.2) is 0 Å². The molecule has 0 aliphatic carbocycles. The van der Waals surface area contributed by atoms with Crippen molar-refractivity contribution in [2.75, 3.05) is 26.2 Å². The third-order valence-electron chi connectivity index (χ3n) is 4.00. The topological polar surface area (TPSA) is 46.0 Å². The smallest absolute Gasteiger partial charge is 0.316 e. The lowest BCUT2D eigenvalue weighted by Crippen LogP contribution is -2.42. The Labute approximate surface area is 127 Å². The lowest BCUT2D eigenvalue weighted by molar-refractivity contribution is -0.148. The second-order valence-corrected chi connectivity index (χ2v) is 5.54. The lowest BCUT2D eigenvalue weighted by atomic mass is 9.99. The van der Waals surface area contributed by atoms with E-state index in [0.717, 1.165) is 19.6 Å². The molecule has 9 heteroatoms. The first-order valence-electron chi connectivity index (χ1n) is 6.96. The summed E-state index contributed by atoms with van der Waals surface area (Å²) in [5.41, 5.74) is 0. The van der Waals surface area contributed by atoms with Crippen molar-refractivity contribution in [2.45, 2.75) is 32.1 Å². The van der Waals surface area contributed by atoms with E-state index in [4.69, 9.17) is 0 Å². The molecule has 1 atom stereocenters. The van der Waals surface area contributed by atoms with Crippen LogP contribution in [0, 0.1) is 5.92 Å². The zero-order chi connectivity index (χ0) is 14.2. The predicted molar refractivity (Wildman–Crippen MR) is 73.1 cm³/mol. The molecule has 3 rings (SSSR count). The maximum absolute atomic E-state index is 12.7. The van der Waals surface area contributed by atoms with Crippen LogP contribution in [0.25, 0.3) is 0 Å². The van der Waals surface area contributed by atoms with Crippen molar-refractivity contribution < 1.29 is 13.2 Å². The molecular weight excluding hydrogens is 307 g/mol. The second kappa shape index (κ2) is 6.50. The molecular formula is C12H19ClF3N5. The fourth-order valence-electron chi connectivity index (χ4n) is 3.02. The number of fused-ring (bicyclic) bond motifs is 1. The second-order valence-electron chi connectivity index (χ2n) is 5.54. The number of hydrogen-bond acceptors (Lipinski definition) is 4. The summed E-state index contributed by atoms with van der Waals surface area (Å²) in [6, 6.07) is 0. The molecule has 3 heterocycles. The molecule has 120 valence electrons. The fourth-order valence-corrected chi connectivity index (χ4v) is 3.02. The summed E-state index contributed by atoms with van der Waals surface area (Å²) in [6.07, 6.45) is -2.06. The lowest BCUT2D eigenvalue weighted by Gasteiger charge is -2.32. The molecule has 0 aromatic carbocycles. The number of nitrogens with zero attached hydrogens (tertiary/aromatic N) is 4. The molecule has 0 spiro atoms. The standard InChI is InChI=1S/C12H18F3N5.ClH/c13-12(14,15)11-18-17-10-8-19(4-5-20(10)11)7-9-2-1-3-16-6-9;/h9,16H,1-8H2;1H. The Hall–Kier alpha value is -0.860. The zero-order valence-electron chi connectivity index (χ0n) is 11.6. The monoisotopic (exact) mass is 325 g/mol. The van der Waals surface area contributed by atoms with Crippen molar-refractivity contribution in [1.82, 2.24) is 25.0 Å². The van der Waals surface area contributed by atoms with E-state index >= 15 is 0 Å². The van der Waals surface area contributed by atoms with Gasteiger partial charge in [0.2, 0.25) is 5.82 Å². The van der Waals surface area contributed by atoms with Gasteiger partial charge in [-0.3, -0.25) is 4.90 Å². The number of rotatable bonds is 2. The molecule has 1 N–H and O–H groups in total. The van der Waals surface area contributed by atoms with E-state index in [-0.39, 0.29) is 12.4 Å². The molecule has 1 saturated heterocycles. The van der Waals surface area contributed by atoms with Crippen LogP contribution in [0.4, 0.5) is 13.2 Å². The highest BCUT2D eigenvalue weighted by molar-refractivity contribution is 5.85. The molecule has 1 aromatic rings. The van der Waals surface area contributed by atoms with E-state index in [1.165, 1.54) is 17.4 Å². The van der Waals surface area contributed by atoms with Crippen LogP contribution in [-0.4, -0.2) is 45.8 Å². The first kappa shape index (κ1) is 16.5. The third kappa shape index (κ3) is 3.67. The molecule has 2 aliphatic rings. The van der Waals surface area contributed by atoms with Crippen molar-refractivity contribution >= 4 is 12.4 Å². The van der Waals surface area contributed by atoms with Crippen molar-refractivity contribution in [3.8, 4) is 0 Å². The van der Waals surface area contributed by atoms with Gasteiger partial charge in [-0.1, -0.05) is 0 Å². The van der Waals surface area contributed by atoms with Gasteiger partial charge in [-0.15, -0.1) is 22.6 Å². The van der Waals surface area contributed by atoms with Crippen LogP contribution in [-0.2, 0) is 19.3 Å². The van der Waals surface area contributed by atoms with Crippen LogP contribution >= 0.6 is 12.4 Å². The number of hydrogen-bond donors (Lipinski definition) is 1. The van der Waals surface area contributed by atoms with Crippen molar-refractivity contribution in [3.05, 3.63) is 11.6 Å². The number of halogens is 4. The highest BCUT2D eigenvalue weighted by Crippen LogP contribution is 2.29. The Kier molecular flexibility index (Phi) is 5.11. The Morgan fingerprint density at radius 2 is 2.05 bits per heavy atom. The molecule has 0 bridgehead atoms. The van der Waals surface area contributed by atoms with Crippen LogP contribution in [0.5, 0.6) is 0 Å². The predicted octanol–water partition coefficient (Wildman–Crippen LogP) is 1.53. The molecule has 1 unspecified atom stereocenters. The molecule has 2 aliphatic heterocycles. The Balaban J connectivity index is 0.00000161. The minimum absolute atomic E-state index is 0. The van der Waals surface area contributed by atoms with Crippen LogP contribution in [0.3, 0.4) is 0 Å². The number of piperidine rings is 1. The molecule has 21 heavy (non-hydrogen) atoms. The van der Waals surface area contributed by atoms with Crippen LogP contribution in [0.2, 0.25) is 0 Å². The molecule has 1 aromatic heterocycles. The Bertz CT molecular complexity index is 470. The van der Waals surface area contributed by atoms with Gasteiger partial charge in [0.1, 0.15) is 5.82 Å². The van der Waals surface area contributed by atoms with Crippen molar-refractivity contribution in [3.63, 3.8) is 0 Å². The molecule has 5 nitrogen and oxygen atoms in total. The molecule has 0 radical (unpaired) electrons.